The average molecular weight is 787 g/mol. The third-order valence-corrected chi connectivity index (χ3v) is 7.09. The van der Waals surface area contributed by atoms with E-state index in [9.17, 15) is 0 Å². The molecule has 0 fully saturated rings. The van der Waals surface area contributed by atoms with Gasteiger partial charge in [-0.15, -0.1) is 11.6 Å². The van der Waals surface area contributed by atoms with Gasteiger partial charge in [0.15, 0.2) is 0 Å². The number of hydrogen-bond donors (Lipinski definition) is 0. The van der Waals surface area contributed by atoms with Crippen molar-refractivity contribution in [2.75, 3.05) is 156 Å². The molecule has 0 aromatic carbocycles. The Bertz CT molecular complexity index is 474. The predicted molar refractivity (Wildman–Crippen MR) is 186 cm³/mol. The summed E-state index contributed by atoms with van der Waals surface area (Å²) in [6.45, 7) is 12.7. The van der Waals surface area contributed by atoms with Crippen molar-refractivity contribution in [1.82, 2.24) is 0 Å². The zero-order valence-electron chi connectivity index (χ0n) is 27.9. The van der Waals surface area contributed by atoms with E-state index in [1.54, 1.807) is 0 Å². The van der Waals surface area contributed by atoms with Crippen LogP contribution in [0.5, 0.6) is 0 Å². The third kappa shape index (κ3) is 44.6. The lowest BCUT2D eigenvalue weighted by atomic mass is 10.2. The van der Waals surface area contributed by atoms with Gasteiger partial charge < -0.3 is 52.1 Å². The standard InChI is InChI=1S/C32H64ClIO11/c33-9-5-1-3-7-11-35-13-15-37-17-19-39-21-23-41-25-27-43-29-31-45-32-30-44-28-26-42-24-22-40-20-18-38-16-14-36-12-8-4-2-6-10-34/h1-32H2. The normalized spacial score (nSPS) is 11.6. The summed E-state index contributed by atoms with van der Waals surface area (Å²) in [4.78, 5) is 0. The van der Waals surface area contributed by atoms with Gasteiger partial charge >= 0.3 is 0 Å². The first-order valence-electron chi connectivity index (χ1n) is 16.9. The van der Waals surface area contributed by atoms with Crippen molar-refractivity contribution in [3.8, 4) is 0 Å². The quantitative estimate of drug-likeness (QED) is 0.0477. The fraction of sp³-hybridized carbons (Fsp3) is 1.00. The summed E-state index contributed by atoms with van der Waals surface area (Å²) >= 11 is 8.07. The second kappa shape index (κ2) is 44.6. The highest BCUT2D eigenvalue weighted by molar-refractivity contribution is 14.1. The van der Waals surface area contributed by atoms with Gasteiger partial charge in [0.2, 0.25) is 0 Å². The van der Waals surface area contributed by atoms with Crippen LogP contribution in [0.4, 0.5) is 0 Å². The first-order valence-corrected chi connectivity index (χ1v) is 18.9. The minimum absolute atomic E-state index is 0.523. The molecule has 272 valence electrons. The van der Waals surface area contributed by atoms with E-state index in [0.717, 1.165) is 38.4 Å². The van der Waals surface area contributed by atoms with Gasteiger partial charge in [0.1, 0.15) is 0 Å². The van der Waals surface area contributed by atoms with Crippen LogP contribution in [-0.2, 0) is 52.1 Å². The molecule has 0 amide bonds. The smallest absolute Gasteiger partial charge is 0.0701 e. The van der Waals surface area contributed by atoms with Crippen LogP contribution in [-0.4, -0.2) is 156 Å². The van der Waals surface area contributed by atoms with Crippen LogP contribution in [0.2, 0.25) is 0 Å². The van der Waals surface area contributed by atoms with E-state index in [1.165, 1.54) is 36.5 Å². The van der Waals surface area contributed by atoms with E-state index in [2.05, 4.69) is 22.6 Å². The fourth-order valence-electron chi connectivity index (χ4n) is 3.61. The lowest BCUT2D eigenvalue weighted by Crippen LogP contribution is -2.15. The van der Waals surface area contributed by atoms with E-state index in [0.29, 0.717) is 132 Å². The molecule has 45 heavy (non-hydrogen) atoms. The van der Waals surface area contributed by atoms with E-state index < -0.39 is 0 Å². The molecule has 0 aliphatic heterocycles. The van der Waals surface area contributed by atoms with Crippen LogP contribution >= 0.6 is 34.2 Å². The molecule has 0 spiro atoms. The SMILES string of the molecule is ClCCCCCCOCCOCCOCCOCCOCCOCCOCCOCCOCCOCCOCCCCCCI. The molecular formula is C32H64ClIO11. The van der Waals surface area contributed by atoms with Crippen LogP contribution in [0.15, 0.2) is 0 Å². The summed E-state index contributed by atoms with van der Waals surface area (Å²) in [7, 11) is 0. The van der Waals surface area contributed by atoms with Crippen LogP contribution in [0, 0.1) is 0 Å². The van der Waals surface area contributed by atoms with Gasteiger partial charge in [0.05, 0.1) is 132 Å². The topological polar surface area (TPSA) is 102 Å². The molecule has 0 aromatic heterocycles. The Hall–Kier alpha value is 0.580. The van der Waals surface area contributed by atoms with Crippen molar-refractivity contribution in [2.45, 2.75) is 51.4 Å². The lowest BCUT2D eigenvalue weighted by Gasteiger charge is -2.09. The first kappa shape index (κ1) is 45.6. The molecular weight excluding hydrogens is 723 g/mol. The second-order valence-corrected chi connectivity index (χ2v) is 11.4. The highest BCUT2D eigenvalue weighted by Gasteiger charge is 1.97. The zero-order valence-corrected chi connectivity index (χ0v) is 30.8. The van der Waals surface area contributed by atoms with Crippen LogP contribution in [0.3, 0.4) is 0 Å². The van der Waals surface area contributed by atoms with E-state index in [4.69, 9.17) is 63.7 Å². The summed E-state index contributed by atoms with van der Waals surface area (Å²) in [6.07, 6.45) is 9.49. The van der Waals surface area contributed by atoms with Gasteiger partial charge in [-0.2, -0.15) is 0 Å². The molecule has 0 heterocycles. The van der Waals surface area contributed by atoms with Gasteiger partial charge in [-0.05, 0) is 30.1 Å². The number of unbranched alkanes of at least 4 members (excludes halogenated alkanes) is 6. The van der Waals surface area contributed by atoms with Crippen molar-refractivity contribution in [2.24, 2.45) is 0 Å². The zero-order chi connectivity index (χ0) is 32.4. The average Bonchev–Trinajstić information content (AvgIpc) is 3.05. The van der Waals surface area contributed by atoms with Crippen LogP contribution < -0.4 is 0 Å². The number of halogens is 2. The third-order valence-electron chi connectivity index (χ3n) is 6.06. The molecule has 0 aromatic rings. The van der Waals surface area contributed by atoms with Crippen LogP contribution in [0.25, 0.3) is 0 Å². The van der Waals surface area contributed by atoms with Crippen LogP contribution in [0.1, 0.15) is 51.4 Å². The van der Waals surface area contributed by atoms with Crippen molar-refractivity contribution in [1.29, 1.82) is 0 Å². The Morgan fingerprint density at radius 3 is 0.667 bits per heavy atom. The largest absolute Gasteiger partial charge is 0.379 e. The molecule has 0 rings (SSSR count). The van der Waals surface area contributed by atoms with Gasteiger partial charge in [0.25, 0.3) is 0 Å². The summed E-state index contributed by atoms with van der Waals surface area (Å²) in [5.74, 6) is 0.746. The predicted octanol–water partition coefficient (Wildman–Crippen LogP) is 4.96. The van der Waals surface area contributed by atoms with E-state index >= 15 is 0 Å². The van der Waals surface area contributed by atoms with Gasteiger partial charge in [-0.1, -0.05) is 48.3 Å². The maximum absolute atomic E-state index is 5.65. The number of rotatable bonds is 42. The number of ether oxygens (including phenoxy) is 11. The molecule has 0 unspecified atom stereocenters. The molecule has 0 bridgehead atoms. The Morgan fingerprint density at radius 1 is 0.244 bits per heavy atom. The van der Waals surface area contributed by atoms with Crippen molar-refractivity contribution in [3.63, 3.8) is 0 Å². The van der Waals surface area contributed by atoms with E-state index in [1.807, 2.05) is 0 Å². The Balaban J connectivity index is 3.03. The highest BCUT2D eigenvalue weighted by atomic mass is 127. The molecule has 0 N–H and O–H groups in total. The lowest BCUT2D eigenvalue weighted by molar-refractivity contribution is -0.0275. The molecule has 0 saturated carbocycles. The first-order chi connectivity index (χ1) is 22.4. The number of hydrogen-bond acceptors (Lipinski definition) is 11. The Morgan fingerprint density at radius 2 is 0.444 bits per heavy atom. The minimum atomic E-state index is 0.523. The molecule has 0 radical (unpaired) electrons. The Labute approximate surface area is 292 Å². The second-order valence-electron chi connectivity index (χ2n) is 9.94. The monoisotopic (exact) mass is 786 g/mol. The van der Waals surface area contributed by atoms with Crippen molar-refractivity contribution in [3.05, 3.63) is 0 Å². The summed E-state index contributed by atoms with van der Waals surface area (Å²) in [6, 6.07) is 0. The highest BCUT2D eigenvalue weighted by Crippen LogP contribution is 2.02. The fourth-order valence-corrected chi connectivity index (χ4v) is 4.33. The molecule has 0 aliphatic carbocycles. The van der Waals surface area contributed by atoms with Crippen molar-refractivity contribution >= 4 is 34.2 Å². The minimum Gasteiger partial charge on any atom is -0.379 e. The van der Waals surface area contributed by atoms with Gasteiger partial charge in [-0.25, -0.2) is 0 Å². The van der Waals surface area contributed by atoms with E-state index in [-0.39, 0.29) is 0 Å². The maximum atomic E-state index is 5.65. The molecule has 13 heteroatoms. The molecule has 0 atom stereocenters. The van der Waals surface area contributed by atoms with Gasteiger partial charge in [-0.3, -0.25) is 0 Å². The maximum Gasteiger partial charge on any atom is 0.0701 e. The van der Waals surface area contributed by atoms with Crippen molar-refractivity contribution < 1.29 is 52.1 Å². The summed E-state index contributed by atoms with van der Waals surface area (Å²) in [5.41, 5.74) is 0. The van der Waals surface area contributed by atoms with Gasteiger partial charge in [0, 0.05) is 19.1 Å². The molecule has 0 aliphatic rings. The summed E-state index contributed by atoms with van der Waals surface area (Å²) in [5, 5.41) is 0. The Kier molecular flexibility index (Phi) is 45.2. The number of alkyl halides is 2. The molecule has 11 nitrogen and oxygen atoms in total. The molecule has 0 saturated heterocycles. The summed E-state index contributed by atoms with van der Waals surface area (Å²) < 4.78 is 61.7.